The van der Waals surface area contributed by atoms with Crippen molar-refractivity contribution >= 4 is 17.9 Å². The molecule has 0 saturated heterocycles. The van der Waals surface area contributed by atoms with Gasteiger partial charge in [0.25, 0.3) is 0 Å². The van der Waals surface area contributed by atoms with Crippen LogP contribution >= 0.6 is 0 Å². The van der Waals surface area contributed by atoms with Crippen LogP contribution in [0.15, 0.2) is 42.5 Å². The molecule has 0 saturated carbocycles. The molecular formula is C24H28N4O3. The summed E-state index contributed by atoms with van der Waals surface area (Å²) in [5.41, 5.74) is 15.7. The summed E-state index contributed by atoms with van der Waals surface area (Å²) in [6.45, 7) is 5.43. The Balaban J connectivity index is 2.18. The number of benzene rings is 2. The van der Waals surface area contributed by atoms with Gasteiger partial charge in [0.2, 0.25) is 11.8 Å². The molecule has 7 nitrogen and oxygen atoms in total. The number of carbonyl (C=O) groups excluding carboxylic acids is 2. The summed E-state index contributed by atoms with van der Waals surface area (Å²) in [6, 6.07) is 10.6. The van der Waals surface area contributed by atoms with Gasteiger partial charge in [-0.1, -0.05) is 24.3 Å². The van der Waals surface area contributed by atoms with Gasteiger partial charge >= 0.3 is 0 Å². The molecule has 5 N–H and O–H groups in total. The van der Waals surface area contributed by atoms with Crippen molar-refractivity contribution in [2.45, 2.75) is 39.3 Å². The van der Waals surface area contributed by atoms with E-state index in [-0.39, 0.29) is 24.6 Å². The van der Waals surface area contributed by atoms with Crippen LogP contribution in [0.1, 0.15) is 34.7 Å². The second-order valence-electron chi connectivity index (χ2n) is 7.57. The van der Waals surface area contributed by atoms with Gasteiger partial charge < -0.3 is 21.5 Å². The number of nitrogens with zero attached hydrogens (tertiary/aromatic N) is 2. The summed E-state index contributed by atoms with van der Waals surface area (Å²) in [4.78, 5) is 26.2. The fourth-order valence-corrected chi connectivity index (χ4v) is 3.38. The van der Waals surface area contributed by atoms with Gasteiger partial charge in [-0.05, 0) is 73.7 Å². The van der Waals surface area contributed by atoms with E-state index >= 15 is 0 Å². The van der Waals surface area contributed by atoms with E-state index in [0.29, 0.717) is 5.56 Å². The maximum Gasteiger partial charge on any atom is 0.240 e. The summed E-state index contributed by atoms with van der Waals surface area (Å²) in [5.74, 6) is -0.845. The summed E-state index contributed by atoms with van der Waals surface area (Å²) < 4.78 is 0. The third-order valence-corrected chi connectivity index (χ3v) is 5.24. The Morgan fingerprint density at radius 2 is 1.77 bits per heavy atom. The molecule has 2 aromatic carbocycles. The number of aryl methyl sites for hydroxylation is 2. The maximum atomic E-state index is 13.1. The summed E-state index contributed by atoms with van der Waals surface area (Å²) in [6.07, 6.45) is 3.83. The molecule has 0 aliphatic heterocycles. The number of nitriles is 1. The van der Waals surface area contributed by atoms with Crippen molar-refractivity contribution in [2.75, 3.05) is 6.54 Å². The Bertz CT molecular complexity index is 999. The first-order chi connectivity index (χ1) is 14.6. The predicted octanol–water partition coefficient (Wildman–Crippen LogP) is 2.17. The van der Waals surface area contributed by atoms with Crippen molar-refractivity contribution < 1.29 is 14.7 Å². The average Bonchev–Trinajstić information content (AvgIpc) is 2.73. The first-order valence-corrected chi connectivity index (χ1v) is 9.95. The molecule has 0 heterocycles. The lowest BCUT2D eigenvalue weighted by atomic mass is 9.95. The zero-order valence-corrected chi connectivity index (χ0v) is 18.0. The maximum absolute atomic E-state index is 13.1. The largest absolute Gasteiger partial charge is 0.508 e. The fourth-order valence-electron chi connectivity index (χ4n) is 3.38. The molecule has 0 unspecified atom stereocenters. The molecule has 0 aromatic heterocycles. The number of nitrogens with two attached hydrogens (primary N) is 2. The lowest BCUT2D eigenvalue weighted by molar-refractivity contribution is -0.139. The first kappa shape index (κ1) is 23.6. The second-order valence-corrected chi connectivity index (χ2v) is 7.57. The monoisotopic (exact) mass is 420 g/mol. The molecule has 31 heavy (non-hydrogen) atoms. The Kier molecular flexibility index (Phi) is 7.94. The van der Waals surface area contributed by atoms with Gasteiger partial charge in [0.1, 0.15) is 11.8 Å². The van der Waals surface area contributed by atoms with Gasteiger partial charge in [0.05, 0.1) is 17.7 Å². The Hall–Kier alpha value is -3.63. The van der Waals surface area contributed by atoms with Gasteiger partial charge in [-0.15, -0.1) is 0 Å². The number of aromatic hydroxyl groups is 1. The van der Waals surface area contributed by atoms with E-state index in [1.807, 2.05) is 13.8 Å². The topological polar surface area (TPSA) is 133 Å². The molecule has 2 atom stereocenters. The Labute approximate surface area is 182 Å². The van der Waals surface area contributed by atoms with Crippen LogP contribution in [0.4, 0.5) is 0 Å². The summed E-state index contributed by atoms with van der Waals surface area (Å²) in [7, 11) is 0. The number of amides is 2. The molecule has 7 heteroatoms. The molecule has 0 aliphatic carbocycles. The van der Waals surface area contributed by atoms with Gasteiger partial charge in [-0.25, -0.2) is 0 Å². The normalized spacial score (nSPS) is 12.9. The highest BCUT2D eigenvalue weighted by atomic mass is 16.3. The van der Waals surface area contributed by atoms with Gasteiger partial charge in [0, 0.05) is 6.54 Å². The molecule has 162 valence electrons. The van der Waals surface area contributed by atoms with E-state index < -0.39 is 18.0 Å². The highest BCUT2D eigenvalue weighted by molar-refractivity contribution is 5.89. The van der Waals surface area contributed by atoms with Crippen LogP contribution in [0, 0.1) is 25.2 Å². The van der Waals surface area contributed by atoms with Gasteiger partial charge in [-0.3, -0.25) is 9.59 Å². The first-order valence-electron chi connectivity index (χ1n) is 9.95. The van der Waals surface area contributed by atoms with Crippen LogP contribution in [0.25, 0.3) is 6.08 Å². The van der Waals surface area contributed by atoms with Crippen molar-refractivity contribution in [3.05, 3.63) is 70.3 Å². The predicted molar refractivity (Wildman–Crippen MR) is 120 cm³/mol. The molecule has 0 fully saturated rings. The Morgan fingerprint density at radius 1 is 1.19 bits per heavy atom. The number of rotatable bonds is 8. The number of hydrogen-bond donors (Lipinski definition) is 3. The van der Waals surface area contributed by atoms with Crippen LogP contribution < -0.4 is 11.5 Å². The van der Waals surface area contributed by atoms with E-state index in [1.54, 1.807) is 55.5 Å². The minimum absolute atomic E-state index is 0.157. The third kappa shape index (κ3) is 6.17. The van der Waals surface area contributed by atoms with Crippen LogP contribution in [-0.2, 0) is 16.0 Å². The minimum atomic E-state index is -0.868. The smallest absolute Gasteiger partial charge is 0.240 e. The zero-order valence-electron chi connectivity index (χ0n) is 18.0. The van der Waals surface area contributed by atoms with E-state index in [9.17, 15) is 14.7 Å². The van der Waals surface area contributed by atoms with Gasteiger partial charge in [0.15, 0.2) is 0 Å². The molecule has 0 spiro atoms. The van der Waals surface area contributed by atoms with E-state index in [0.717, 1.165) is 22.3 Å². The number of hydrogen-bond acceptors (Lipinski definition) is 5. The lowest BCUT2D eigenvalue weighted by Gasteiger charge is -2.29. The summed E-state index contributed by atoms with van der Waals surface area (Å²) in [5, 5.41) is 18.6. The van der Waals surface area contributed by atoms with Crippen molar-refractivity contribution in [3.63, 3.8) is 0 Å². The van der Waals surface area contributed by atoms with Crippen molar-refractivity contribution in [1.82, 2.24) is 4.90 Å². The van der Waals surface area contributed by atoms with Gasteiger partial charge in [-0.2, -0.15) is 5.26 Å². The van der Waals surface area contributed by atoms with Crippen molar-refractivity contribution in [2.24, 2.45) is 11.5 Å². The van der Waals surface area contributed by atoms with Crippen LogP contribution in [0.5, 0.6) is 5.75 Å². The Morgan fingerprint density at radius 3 is 2.29 bits per heavy atom. The molecule has 0 bridgehead atoms. The van der Waals surface area contributed by atoms with E-state index in [2.05, 4.69) is 6.07 Å². The fraction of sp³-hybridized carbons (Fsp3) is 0.292. The number of carbonyl (C=O) groups is 2. The van der Waals surface area contributed by atoms with Crippen LogP contribution in [0.3, 0.4) is 0 Å². The SMILES string of the molecule is Cc1cc(O)cc(C)c1C[C@H](N)C(=O)N(CC=Cc1ccc(C#N)cc1)[C@H](C)C(N)=O. The third-order valence-electron chi connectivity index (χ3n) is 5.24. The summed E-state index contributed by atoms with van der Waals surface area (Å²) >= 11 is 0. The number of primary amides is 1. The van der Waals surface area contributed by atoms with Crippen molar-refractivity contribution in [1.29, 1.82) is 5.26 Å². The zero-order chi connectivity index (χ0) is 23.1. The minimum Gasteiger partial charge on any atom is -0.508 e. The van der Waals surface area contributed by atoms with Crippen LogP contribution in [-0.4, -0.2) is 40.4 Å². The number of phenols is 1. The molecule has 2 rings (SSSR count). The average molecular weight is 421 g/mol. The lowest BCUT2D eigenvalue weighted by Crippen LogP contribution is -2.52. The highest BCUT2D eigenvalue weighted by Gasteiger charge is 2.28. The van der Waals surface area contributed by atoms with Crippen LogP contribution in [0.2, 0.25) is 0 Å². The molecular weight excluding hydrogens is 392 g/mol. The molecule has 2 amide bonds. The standard InChI is InChI=1S/C24H28N4O3/c1-15-11-20(29)12-16(2)21(15)13-22(26)24(31)28(17(3)23(27)30)10-4-5-18-6-8-19(14-25)9-7-18/h4-9,11-12,17,22,29H,10,13,26H2,1-3H3,(H2,27,30)/t17-,22+/m1/s1. The number of phenolic OH excluding ortho intramolecular Hbond substituents is 1. The second kappa shape index (κ2) is 10.4. The van der Waals surface area contributed by atoms with E-state index in [4.69, 9.17) is 16.7 Å². The van der Waals surface area contributed by atoms with Crippen molar-refractivity contribution in [3.8, 4) is 11.8 Å². The van der Waals surface area contributed by atoms with E-state index in [1.165, 1.54) is 4.90 Å². The molecule has 0 radical (unpaired) electrons. The molecule has 0 aliphatic rings. The highest BCUT2D eigenvalue weighted by Crippen LogP contribution is 2.22. The quantitative estimate of drug-likeness (QED) is 0.602. The molecule has 2 aromatic rings.